The van der Waals surface area contributed by atoms with E-state index in [1.807, 2.05) is 12.2 Å². The van der Waals surface area contributed by atoms with Crippen LogP contribution in [0.1, 0.15) is 51.9 Å². The Morgan fingerprint density at radius 3 is 2.85 bits per heavy atom. The van der Waals surface area contributed by atoms with Gasteiger partial charge in [0.15, 0.2) is 0 Å². The Labute approximate surface area is 123 Å². The van der Waals surface area contributed by atoms with E-state index in [0.717, 1.165) is 32.6 Å². The summed E-state index contributed by atoms with van der Waals surface area (Å²) < 4.78 is 5.27. The molecule has 0 aliphatic carbocycles. The highest BCUT2D eigenvalue weighted by molar-refractivity contribution is 5.87. The topological polar surface area (TPSA) is 38.3 Å². The summed E-state index contributed by atoms with van der Waals surface area (Å²) in [6.07, 6.45) is 16.2. The van der Waals surface area contributed by atoms with Crippen molar-refractivity contribution in [3.8, 4) is 0 Å². The molecule has 1 rings (SSSR count). The molecule has 1 atom stereocenters. The van der Waals surface area contributed by atoms with Crippen LogP contribution < -0.4 is 5.32 Å². The summed E-state index contributed by atoms with van der Waals surface area (Å²) in [5.74, 6) is 0.482. The Morgan fingerprint density at radius 1 is 1.25 bits per heavy atom. The van der Waals surface area contributed by atoms with Gasteiger partial charge >= 0.3 is 0 Å². The Hall–Kier alpha value is -1.09. The predicted molar refractivity (Wildman–Crippen MR) is 83.6 cm³/mol. The molecule has 1 unspecified atom stereocenters. The minimum atomic E-state index is -0.00973. The number of rotatable bonds is 10. The molecule has 0 aromatic heterocycles. The summed E-state index contributed by atoms with van der Waals surface area (Å²) in [5.41, 5.74) is 0. The van der Waals surface area contributed by atoms with Crippen molar-refractivity contribution >= 4 is 5.91 Å². The fourth-order valence-corrected chi connectivity index (χ4v) is 2.23. The quantitative estimate of drug-likeness (QED) is 0.377. The zero-order chi connectivity index (χ0) is 14.5. The molecule has 1 saturated heterocycles. The van der Waals surface area contributed by atoms with Gasteiger partial charge in [-0.25, -0.2) is 0 Å². The lowest BCUT2D eigenvalue weighted by Gasteiger charge is -2.06. The van der Waals surface area contributed by atoms with Crippen molar-refractivity contribution in [2.75, 3.05) is 19.8 Å². The Morgan fingerprint density at radius 2 is 2.10 bits per heavy atom. The van der Waals surface area contributed by atoms with E-state index in [0.29, 0.717) is 5.92 Å². The highest BCUT2D eigenvalue weighted by Gasteiger charge is 2.15. The predicted octanol–water partition coefficient (Wildman–Crippen LogP) is 3.61. The van der Waals surface area contributed by atoms with E-state index < -0.39 is 0 Å². The molecule has 1 N–H and O–H groups in total. The Bertz CT molecular complexity index is 304. The van der Waals surface area contributed by atoms with Crippen molar-refractivity contribution in [2.45, 2.75) is 51.9 Å². The van der Waals surface area contributed by atoms with E-state index in [1.54, 1.807) is 6.08 Å². The molecule has 3 heteroatoms. The van der Waals surface area contributed by atoms with Crippen LogP contribution in [0.2, 0.25) is 0 Å². The molecule has 0 bridgehead atoms. The number of carbonyl (C=O) groups is 1. The van der Waals surface area contributed by atoms with Crippen LogP contribution in [0.15, 0.2) is 24.3 Å². The van der Waals surface area contributed by atoms with E-state index in [9.17, 15) is 4.79 Å². The van der Waals surface area contributed by atoms with Gasteiger partial charge in [-0.05, 0) is 19.3 Å². The van der Waals surface area contributed by atoms with Gasteiger partial charge in [-0.3, -0.25) is 4.79 Å². The van der Waals surface area contributed by atoms with Crippen molar-refractivity contribution in [3.63, 3.8) is 0 Å². The van der Waals surface area contributed by atoms with Gasteiger partial charge in [0.1, 0.15) is 0 Å². The van der Waals surface area contributed by atoms with Crippen LogP contribution in [0.4, 0.5) is 0 Å². The van der Waals surface area contributed by atoms with Crippen molar-refractivity contribution in [1.82, 2.24) is 5.32 Å². The number of allylic oxidation sites excluding steroid dienone is 3. The molecule has 3 nitrogen and oxygen atoms in total. The largest absolute Gasteiger partial charge is 0.381 e. The van der Waals surface area contributed by atoms with Crippen LogP contribution in [0.3, 0.4) is 0 Å². The maximum atomic E-state index is 11.5. The molecule has 0 saturated carbocycles. The summed E-state index contributed by atoms with van der Waals surface area (Å²) in [5, 5.41) is 2.91. The number of hydrogen-bond acceptors (Lipinski definition) is 2. The second-order valence-corrected chi connectivity index (χ2v) is 5.46. The molecule has 0 spiro atoms. The van der Waals surface area contributed by atoms with Gasteiger partial charge in [0.2, 0.25) is 5.91 Å². The SMILES string of the molecule is CCCCCCC/C=C/C=C/C(=O)NCC1CCOC1. The molecule has 114 valence electrons. The van der Waals surface area contributed by atoms with E-state index >= 15 is 0 Å². The monoisotopic (exact) mass is 279 g/mol. The number of unbranched alkanes of at least 4 members (excludes halogenated alkanes) is 5. The third kappa shape index (κ3) is 8.92. The lowest BCUT2D eigenvalue weighted by molar-refractivity contribution is -0.116. The lowest BCUT2D eigenvalue weighted by Crippen LogP contribution is -2.27. The van der Waals surface area contributed by atoms with Crippen molar-refractivity contribution in [1.29, 1.82) is 0 Å². The van der Waals surface area contributed by atoms with Crippen molar-refractivity contribution in [2.24, 2.45) is 5.92 Å². The first-order valence-corrected chi connectivity index (χ1v) is 8.01. The fourth-order valence-electron chi connectivity index (χ4n) is 2.23. The zero-order valence-electron chi connectivity index (χ0n) is 12.8. The van der Waals surface area contributed by atoms with Crippen LogP contribution in [0, 0.1) is 5.92 Å². The number of hydrogen-bond donors (Lipinski definition) is 1. The second-order valence-electron chi connectivity index (χ2n) is 5.46. The first-order chi connectivity index (χ1) is 9.83. The Kier molecular flexibility index (Phi) is 9.93. The van der Waals surface area contributed by atoms with Gasteiger partial charge in [0.05, 0.1) is 6.61 Å². The molecule has 1 amide bonds. The van der Waals surface area contributed by atoms with Crippen LogP contribution in [-0.2, 0) is 9.53 Å². The highest BCUT2D eigenvalue weighted by Crippen LogP contribution is 2.10. The van der Waals surface area contributed by atoms with E-state index in [1.165, 1.54) is 32.1 Å². The number of carbonyl (C=O) groups excluding carboxylic acids is 1. The number of nitrogens with one attached hydrogen (secondary N) is 1. The third-order valence-electron chi connectivity index (χ3n) is 3.56. The molecular formula is C17H29NO2. The average Bonchev–Trinajstić information content (AvgIpc) is 2.96. The highest BCUT2D eigenvalue weighted by atomic mass is 16.5. The van der Waals surface area contributed by atoms with Crippen LogP contribution >= 0.6 is 0 Å². The number of ether oxygens (including phenoxy) is 1. The van der Waals surface area contributed by atoms with Gasteiger partial charge in [-0.1, -0.05) is 50.8 Å². The van der Waals surface area contributed by atoms with Crippen molar-refractivity contribution in [3.05, 3.63) is 24.3 Å². The standard InChI is InChI=1S/C17H29NO2/c1-2-3-4-5-6-7-8-9-10-11-17(19)18-14-16-12-13-20-15-16/h8-11,16H,2-7,12-15H2,1H3,(H,18,19)/b9-8+,11-10+. The molecule has 20 heavy (non-hydrogen) atoms. The maximum Gasteiger partial charge on any atom is 0.243 e. The molecule has 0 aromatic carbocycles. The van der Waals surface area contributed by atoms with Crippen LogP contribution in [0.5, 0.6) is 0 Å². The molecule has 1 aliphatic heterocycles. The van der Waals surface area contributed by atoms with Gasteiger partial charge in [-0.2, -0.15) is 0 Å². The third-order valence-corrected chi connectivity index (χ3v) is 3.56. The fraction of sp³-hybridized carbons (Fsp3) is 0.706. The van der Waals surface area contributed by atoms with Gasteiger partial charge < -0.3 is 10.1 Å². The second kappa shape index (κ2) is 11.7. The Balaban J connectivity index is 1.97. The zero-order valence-corrected chi connectivity index (χ0v) is 12.8. The normalized spacial score (nSPS) is 19.1. The molecule has 1 heterocycles. The molecule has 0 aromatic rings. The molecule has 0 radical (unpaired) electrons. The summed E-state index contributed by atoms with van der Waals surface area (Å²) >= 11 is 0. The van der Waals surface area contributed by atoms with Crippen LogP contribution in [-0.4, -0.2) is 25.7 Å². The lowest BCUT2D eigenvalue weighted by atomic mass is 10.1. The van der Waals surface area contributed by atoms with Crippen LogP contribution in [0.25, 0.3) is 0 Å². The van der Waals surface area contributed by atoms with E-state index in [4.69, 9.17) is 4.74 Å². The number of amides is 1. The average molecular weight is 279 g/mol. The van der Waals surface area contributed by atoms with Gasteiger partial charge in [0, 0.05) is 25.1 Å². The maximum absolute atomic E-state index is 11.5. The summed E-state index contributed by atoms with van der Waals surface area (Å²) in [6.45, 7) is 4.57. The minimum Gasteiger partial charge on any atom is -0.381 e. The minimum absolute atomic E-state index is 0.00973. The molecule has 1 fully saturated rings. The summed E-state index contributed by atoms with van der Waals surface area (Å²) in [4.78, 5) is 11.5. The van der Waals surface area contributed by atoms with Crippen molar-refractivity contribution < 1.29 is 9.53 Å². The first kappa shape index (κ1) is 17.0. The van der Waals surface area contributed by atoms with E-state index in [2.05, 4.69) is 18.3 Å². The smallest absolute Gasteiger partial charge is 0.243 e. The van der Waals surface area contributed by atoms with Gasteiger partial charge in [0.25, 0.3) is 0 Å². The van der Waals surface area contributed by atoms with E-state index in [-0.39, 0.29) is 5.91 Å². The summed E-state index contributed by atoms with van der Waals surface area (Å²) in [6, 6.07) is 0. The van der Waals surface area contributed by atoms with Gasteiger partial charge in [-0.15, -0.1) is 0 Å². The molecule has 1 aliphatic rings. The first-order valence-electron chi connectivity index (χ1n) is 8.01. The summed E-state index contributed by atoms with van der Waals surface area (Å²) in [7, 11) is 0. The molecular weight excluding hydrogens is 250 g/mol.